The van der Waals surface area contributed by atoms with Gasteiger partial charge in [0.2, 0.25) is 11.8 Å². The summed E-state index contributed by atoms with van der Waals surface area (Å²) in [4.78, 5) is 29.8. The summed E-state index contributed by atoms with van der Waals surface area (Å²) in [6, 6.07) is 27.7. The Hall–Kier alpha value is -4.14. The van der Waals surface area contributed by atoms with Crippen LogP contribution < -0.4 is 9.62 Å². The topological polar surface area (TPSA) is 86.8 Å². The van der Waals surface area contributed by atoms with E-state index in [2.05, 4.69) is 5.32 Å². The van der Waals surface area contributed by atoms with Gasteiger partial charge in [0.1, 0.15) is 12.6 Å². The third-order valence-corrected chi connectivity index (χ3v) is 9.78. The molecule has 0 radical (unpaired) electrons. The number of anilines is 1. The summed E-state index contributed by atoms with van der Waals surface area (Å²) in [5.41, 5.74) is 4.65. The Kier molecular flexibility index (Phi) is 11.4. The number of nitrogens with zero attached hydrogens (tertiary/aromatic N) is 2. The van der Waals surface area contributed by atoms with Crippen molar-refractivity contribution in [2.75, 3.05) is 17.4 Å². The molecule has 45 heavy (non-hydrogen) atoms. The average molecular weight is 646 g/mol. The normalized spacial score (nSPS) is 11.9. The predicted molar refractivity (Wildman–Crippen MR) is 181 cm³/mol. The number of amides is 2. The summed E-state index contributed by atoms with van der Waals surface area (Å²) in [5, 5.41) is 3.34. The second-order valence-corrected chi connectivity index (χ2v) is 13.5. The fourth-order valence-electron chi connectivity index (χ4n) is 5.03. The summed E-state index contributed by atoms with van der Waals surface area (Å²) in [5.74, 6) is -0.815. The maximum absolute atomic E-state index is 14.5. The van der Waals surface area contributed by atoms with Crippen LogP contribution in [0.1, 0.15) is 41.2 Å². The molecule has 4 aromatic rings. The van der Waals surface area contributed by atoms with Gasteiger partial charge in [-0.15, -0.1) is 0 Å². The van der Waals surface area contributed by atoms with Crippen LogP contribution in [-0.2, 0) is 32.6 Å². The number of halogens is 1. The van der Waals surface area contributed by atoms with E-state index in [0.29, 0.717) is 11.6 Å². The number of carbonyl (C=O) groups is 2. The van der Waals surface area contributed by atoms with Crippen molar-refractivity contribution in [3.8, 4) is 0 Å². The number of benzene rings is 4. The smallest absolute Gasteiger partial charge is 0.264 e. The minimum Gasteiger partial charge on any atom is -0.354 e. The molecule has 0 heterocycles. The van der Waals surface area contributed by atoms with Crippen molar-refractivity contribution in [3.05, 3.63) is 130 Å². The van der Waals surface area contributed by atoms with Crippen LogP contribution in [0.25, 0.3) is 0 Å². The number of rotatable bonds is 13. The van der Waals surface area contributed by atoms with Crippen LogP contribution in [0.2, 0.25) is 5.02 Å². The summed E-state index contributed by atoms with van der Waals surface area (Å²) in [7, 11) is -4.20. The molecule has 9 heteroatoms. The molecule has 0 aliphatic carbocycles. The molecular formula is C36H40ClN3O4S. The highest BCUT2D eigenvalue weighted by Gasteiger charge is 2.34. The van der Waals surface area contributed by atoms with E-state index in [0.717, 1.165) is 38.5 Å². The summed E-state index contributed by atoms with van der Waals surface area (Å²) in [6.45, 7) is 7.65. The third kappa shape index (κ3) is 8.74. The molecule has 0 bridgehead atoms. The van der Waals surface area contributed by atoms with Crippen molar-refractivity contribution < 1.29 is 18.0 Å². The highest BCUT2D eigenvalue weighted by Crippen LogP contribution is 2.29. The monoisotopic (exact) mass is 645 g/mol. The first kappa shape index (κ1) is 33.7. The van der Waals surface area contributed by atoms with Crippen molar-refractivity contribution in [2.45, 2.75) is 58.0 Å². The lowest BCUT2D eigenvalue weighted by atomic mass is 10.0. The largest absolute Gasteiger partial charge is 0.354 e. The van der Waals surface area contributed by atoms with Gasteiger partial charge in [-0.2, -0.15) is 0 Å². The van der Waals surface area contributed by atoms with Gasteiger partial charge >= 0.3 is 0 Å². The molecule has 0 aliphatic rings. The molecule has 4 aromatic carbocycles. The van der Waals surface area contributed by atoms with Crippen LogP contribution in [0, 0.1) is 20.8 Å². The molecule has 0 unspecified atom stereocenters. The molecule has 1 atom stereocenters. The zero-order valence-corrected chi connectivity index (χ0v) is 27.7. The number of aryl methyl sites for hydroxylation is 3. The lowest BCUT2D eigenvalue weighted by Crippen LogP contribution is -2.53. The molecule has 0 aromatic heterocycles. The molecule has 0 spiro atoms. The van der Waals surface area contributed by atoms with E-state index in [4.69, 9.17) is 11.6 Å². The fraction of sp³-hybridized carbons (Fsp3) is 0.278. The first-order valence-corrected chi connectivity index (χ1v) is 16.8. The van der Waals surface area contributed by atoms with Crippen LogP contribution in [-0.4, -0.2) is 44.3 Å². The van der Waals surface area contributed by atoms with Gasteiger partial charge in [0, 0.05) is 24.5 Å². The van der Waals surface area contributed by atoms with E-state index < -0.39 is 28.5 Å². The molecule has 7 nitrogen and oxygen atoms in total. The second kappa shape index (κ2) is 15.2. The van der Waals surface area contributed by atoms with Crippen molar-refractivity contribution in [3.63, 3.8) is 0 Å². The quantitative estimate of drug-likeness (QED) is 0.177. The lowest BCUT2D eigenvalue weighted by molar-refractivity contribution is -0.140. The van der Waals surface area contributed by atoms with Gasteiger partial charge < -0.3 is 10.2 Å². The molecule has 1 N–H and O–H groups in total. The molecule has 0 saturated heterocycles. The SMILES string of the molecule is CCCNC(=O)[C@H](Cc1ccccc1)N(Cc1cccc(C)c1)C(=O)CN(c1ccc(C)c(Cl)c1)S(=O)(=O)c1ccc(C)cc1. The van der Waals surface area contributed by atoms with E-state index in [-0.39, 0.29) is 29.5 Å². The Morgan fingerprint density at radius 3 is 2.16 bits per heavy atom. The lowest BCUT2D eigenvalue weighted by Gasteiger charge is -2.34. The number of carbonyl (C=O) groups excluding carboxylic acids is 2. The Morgan fingerprint density at radius 2 is 1.51 bits per heavy atom. The van der Waals surface area contributed by atoms with E-state index in [1.807, 2.05) is 82.3 Å². The Balaban J connectivity index is 1.81. The molecule has 0 aliphatic heterocycles. The number of hydrogen-bond acceptors (Lipinski definition) is 4. The molecule has 0 saturated carbocycles. The molecule has 0 fully saturated rings. The maximum Gasteiger partial charge on any atom is 0.264 e. The Bertz CT molecular complexity index is 1730. The third-order valence-electron chi connectivity index (χ3n) is 7.59. The van der Waals surface area contributed by atoms with Gasteiger partial charge in [-0.1, -0.05) is 102 Å². The molecule has 4 rings (SSSR count). The first-order chi connectivity index (χ1) is 21.5. The Labute approximate surface area is 271 Å². The molecule has 2 amide bonds. The summed E-state index contributed by atoms with van der Waals surface area (Å²) in [6.07, 6.45) is 0.987. The zero-order chi connectivity index (χ0) is 32.6. The van der Waals surface area contributed by atoms with Crippen LogP contribution in [0.3, 0.4) is 0 Å². The number of nitrogens with one attached hydrogen (secondary N) is 1. The van der Waals surface area contributed by atoms with Gasteiger partial charge in [0.15, 0.2) is 0 Å². The standard InChI is InChI=1S/C36H40ClN3O4S/c1-5-20-38-36(42)34(22-29-11-7-6-8-12-29)39(24-30-13-9-10-27(3)21-30)35(41)25-40(31-17-16-28(4)33(37)23-31)45(43,44)32-18-14-26(2)15-19-32/h6-19,21,23,34H,5,20,22,24-25H2,1-4H3,(H,38,42)/t34-/m0/s1. The highest BCUT2D eigenvalue weighted by atomic mass is 35.5. The minimum absolute atomic E-state index is 0.0457. The number of hydrogen-bond donors (Lipinski definition) is 1. The second-order valence-electron chi connectivity index (χ2n) is 11.3. The van der Waals surface area contributed by atoms with Gasteiger partial charge in [-0.3, -0.25) is 13.9 Å². The number of sulfonamides is 1. The average Bonchev–Trinajstić information content (AvgIpc) is 3.02. The van der Waals surface area contributed by atoms with Crippen LogP contribution in [0.5, 0.6) is 0 Å². The van der Waals surface area contributed by atoms with E-state index in [9.17, 15) is 18.0 Å². The highest BCUT2D eigenvalue weighted by molar-refractivity contribution is 7.92. The van der Waals surface area contributed by atoms with Crippen molar-refractivity contribution >= 4 is 39.1 Å². The minimum atomic E-state index is -4.20. The Morgan fingerprint density at radius 1 is 0.822 bits per heavy atom. The summed E-state index contributed by atoms with van der Waals surface area (Å²) >= 11 is 6.46. The van der Waals surface area contributed by atoms with Gasteiger partial charge in [-0.05, 0) is 68.1 Å². The van der Waals surface area contributed by atoms with E-state index >= 15 is 0 Å². The van der Waals surface area contributed by atoms with Gasteiger partial charge in [0.05, 0.1) is 10.6 Å². The van der Waals surface area contributed by atoms with Crippen LogP contribution in [0.15, 0.2) is 102 Å². The first-order valence-electron chi connectivity index (χ1n) is 15.0. The van der Waals surface area contributed by atoms with E-state index in [1.165, 1.54) is 17.0 Å². The van der Waals surface area contributed by atoms with Crippen molar-refractivity contribution in [1.82, 2.24) is 10.2 Å². The summed E-state index contributed by atoms with van der Waals surface area (Å²) < 4.78 is 29.4. The van der Waals surface area contributed by atoms with E-state index in [1.54, 1.807) is 30.3 Å². The van der Waals surface area contributed by atoms with Crippen LogP contribution in [0.4, 0.5) is 5.69 Å². The maximum atomic E-state index is 14.5. The van der Waals surface area contributed by atoms with Crippen molar-refractivity contribution in [1.29, 1.82) is 0 Å². The van der Waals surface area contributed by atoms with Gasteiger partial charge in [-0.25, -0.2) is 8.42 Å². The molecular weight excluding hydrogens is 606 g/mol. The van der Waals surface area contributed by atoms with Crippen LogP contribution >= 0.6 is 11.6 Å². The van der Waals surface area contributed by atoms with Crippen molar-refractivity contribution in [2.24, 2.45) is 0 Å². The zero-order valence-electron chi connectivity index (χ0n) is 26.2. The molecule has 236 valence electrons. The fourth-order valence-corrected chi connectivity index (χ4v) is 6.61. The predicted octanol–water partition coefficient (Wildman–Crippen LogP) is 6.63. The van der Waals surface area contributed by atoms with Gasteiger partial charge in [0.25, 0.3) is 10.0 Å².